The molecule has 0 atom stereocenters. The monoisotopic (exact) mass is 853 g/mol. The summed E-state index contributed by atoms with van der Waals surface area (Å²) in [7, 11) is 0. The summed E-state index contributed by atoms with van der Waals surface area (Å²) in [5.41, 5.74) is 13.5. The van der Waals surface area contributed by atoms with Gasteiger partial charge in [0.15, 0.2) is 0 Å². The first-order valence-corrected chi connectivity index (χ1v) is 17.7. The van der Waals surface area contributed by atoms with E-state index < -0.39 is 0 Å². The molecule has 0 N–H and O–H groups in total. The number of fused-ring (bicyclic) bond motifs is 3. The molecule has 0 saturated carbocycles. The smallest absolute Gasteiger partial charge is 0.509 e. The minimum Gasteiger partial charge on any atom is -0.509 e. The van der Waals surface area contributed by atoms with Gasteiger partial charge in [-0.3, -0.25) is 4.68 Å². The molecule has 0 saturated heterocycles. The van der Waals surface area contributed by atoms with Gasteiger partial charge in [-0.15, -0.1) is 41.3 Å². The molecule has 0 aliphatic carbocycles. The molecule has 5 nitrogen and oxygen atoms in total. The fourth-order valence-electron chi connectivity index (χ4n) is 7.19. The Bertz CT molecular complexity index is 2380. The maximum atomic E-state index is 6.67. The van der Waals surface area contributed by atoms with Crippen LogP contribution < -0.4 is 4.74 Å². The Morgan fingerprint density at radius 3 is 2.22 bits per heavy atom. The Kier molecular flexibility index (Phi) is 9.91. The van der Waals surface area contributed by atoms with Crippen molar-refractivity contribution in [2.24, 2.45) is 0 Å². The predicted octanol–water partition coefficient (Wildman–Crippen LogP) is 11.6. The number of benzene rings is 4. The van der Waals surface area contributed by atoms with Crippen LogP contribution >= 0.6 is 0 Å². The third kappa shape index (κ3) is 6.69. The van der Waals surface area contributed by atoms with E-state index in [0.717, 1.165) is 56.7 Å². The molecular formula is C45H46N4OPt. The summed E-state index contributed by atoms with van der Waals surface area (Å²) < 4.78 is 10.9. The number of hydrogen-bond donors (Lipinski definition) is 0. The van der Waals surface area contributed by atoms with Crippen LogP contribution in [0, 0.1) is 39.8 Å². The van der Waals surface area contributed by atoms with Gasteiger partial charge >= 0.3 is 21.1 Å². The van der Waals surface area contributed by atoms with E-state index in [2.05, 4.69) is 153 Å². The summed E-state index contributed by atoms with van der Waals surface area (Å²) in [5.74, 6) is 2.59. The fourth-order valence-corrected chi connectivity index (χ4v) is 7.19. The predicted molar refractivity (Wildman–Crippen MR) is 206 cm³/mol. The Morgan fingerprint density at radius 1 is 0.804 bits per heavy atom. The van der Waals surface area contributed by atoms with Crippen molar-refractivity contribution in [3.8, 4) is 34.1 Å². The van der Waals surface area contributed by atoms with Gasteiger partial charge in [0.1, 0.15) is 5.82 Å². The number of rotatable bonds is 7. The number of pyridine rings is 1. The summed E-state index contributed by atoms with van der Waals surface area (Å²) in [6, 6.07) is 32.9. The van der Waals surface area contributed by atoms with Crippen molar-refractivity contribution >= 4 is 21.8 Å². The number of para-hydroxylation sites is 1. The molecule has 0 aliphatic heterocycles. The third-order valence-electron chi connectivity index (χ3n) is 9.91. The summed E-state index contributed by atoms with van der Waals surface area (Å²) in [6.07, 6.45) is 2.82. The molecule has 262 valence electrons. The van der Waals surface area contributed by atoms with E-state index in [1.807, 2.05) is 16.9 Å². The first kappa shape index (κ1) is 36.3. The van der Waals surface area contributed by atoms with E-state index >= 15 is 0 Å². The SMILES string of the molecule is CCc1ccnc(-n2c3[c-]c(Oc4[c-]c(-n5nc(C)c(-c6c(C)cc(C(C)C)cc6C)c5C)cc(C(C)(C)C)c4)ccc3c3ccccc32)c1.[Pt+2]. The van der Waals surface area contributed by atoms with Crippen LogP contribution in [-0.4, -0.2) is 19.3 Å². The molecule has 0 bridgehead atoms. The van der Waals surface area contributed by atoms with Crippen molar-refractivity contribution in [2.45, 2.75) is 87.0 Å². The number of aromatic nitrogens is 4. The van der Waals surface area contributed by atoms with Gasteiger partial charge in [0.2, 0.25) is 0 Å². The van der Waals surface area contributed by atoms with Crippen molar-refractivity contribution < 1.29 is 25.8 Å². The molecule has 3 heterocycles. The number of aryl methyl sites for hydroxylation is 4. The molecule has 3 aromatic heterocycles. The summed E-state index contributed by atoms with van der Waals surface area (Å²) in [5, 5.41) is 7.36. The molecule has 51 heavy (non-hydrogen) atoms. The van der Waals surface area contributed by atoms with E-state index in [4.69, 9.17) is 14.8 Å². The maximum absolute atomic E-state index is 6.67. The zero-order valence-electron chi connectivity index (χ0n) is 31.3. The van der Waals surface area contributed by atoms with Gasteiger partial charge in [0.25, 0.3) is 0 Å². The van der Waals surface area contributed by atoms with Crippen molar-refractivity contribution in [1.29, 1.82) is 0 Å². The molecule has 7 rings (SSSR count). The zero-order valence-corrected chi connectivity index (χ0v) is 33.6. The molecule has 0 fully saturated rings. The first-order valence-electron chi connectivity index (χ1n) is 17.7. The van der Waals surface area contributed by atoms with Crippen molar-refractivity contribution in [3.63, 3.8) is 0 Å². The quantitative estimate of drug-likeness (QED) is 0.150. The largest absolute Gasteiger partial charge is 2.00 e. The second-order valence-corrected chi connectivity index (χ2v) is 14.9. The second kappa shape index (κ2) is 13.9. The summed E-state index contributed by atoms with van der Waals surface area (Å²) >= 11 is 0. The van der Waals surface area contributed by atoms with E-state index in [0.29, 0.717) is 17.4 Å². The Hall–Kier alpha value is -4.47. The third-order valence-corrected chi connectivity index (χ3v) is 9.91. The minimum atomic E-state index is -0.128. The molecule has 6 heteroatoms. The van der Waals surface area contributed by atoms with Crippen LogP contribution in [0.4, 0.5) is 0 Å². The molecule has 0 spiro atoms. The molecular weight excluding hydrogens is 808 g/mol. The van der Waals surface area contributed by atoms with Crippen LogP contribution in [0.2, 0.25) is 0 Å². The maximum Gasteiger partial charge on any atom is 2.00 e. The van der Waals surface area contributed by atoms with Gasteiger partial charge < -0.3 is 9.30 Å². The van der Waals surface area contributed by atoms with Gasteiger partial charge in [0, 0.05) is 34.5 Å². The van der Waals surface area contributed by atoms with Crippen LogP contribution in [-0.2, 0) is 32.9 Å². The Balaban J connectivity index is 0.00000448. The molecule has 0 unspecified atom stereocenters. The Labute approximate surface area is 317 Å². The van der Waals surface area contributed by atoms with Crippen LogP contribution in [0.1, 0.15) is 86.7 Å². The van der Waals surface area contributed by atoms with Crippen LogP contribution in [0.5, 0.6) is 11.5 Å². The molecule has 4 aromatic carbocycles. The minimum absolute atomic E-state index is 0. The standard InChI is InChI=1S/C45H46N4O.Pt/c1-11-32-18-19-46-42(22-32)48-40-15-13-12-14-38(40)39-17-16-36(26-41(39)48)50-37-24-34(45(8,9)10)23-35(25-37)49-31(7)44(30(6)47-49)43-28(4)20-33(27(2)3)21-29(43)5;/h12-24,27H,11H2,1-10H3;/q-2;+2. The van der Waals surface area contributed by atoms with Gasteiger partial charge in [-0.05, 0) is 103 Å². The number of hydrogen-bond acceptors (Lipinski definition) is 3. The first-order chi connectivity index (χ1) is 23.8. The van der Waals surface area contributed by atoms with Gasteiger partial charge in [0.05, 0.1) is 5.69 Å². The van der Waals surface area contributed by atoms with Crippen molar-refractivity contribution in [2.75, 3.05) is 0 Å². The van der Waals surface area contributed by atoms with E-state index in [-0.39, 0.29) is 26.5 Å². The summed E-state index contributed by atoms with van der Waals surface area (Å²) in [6.45, 7) is 22.0. The molecule has 7 aromatic rings. The summed E-state index contributed by atoms with van der Waals surface area (Å²) in [4.78, 5) is 4.78. The van der Waals surface area contributed by atoms with Crippen LogP contribution in [0.3, 0.4) is 0 Å². The molecule has 0 radical (unpaired) electrons. The fraction of sp³-hybridized carbons (Fsp3) is 0.289. The number of ether oxygens (including phenoxy) is 1. The van der Waals surface area contributed by atoms with Crippen molar-refractivity contribution in [1.82, 2.24) is 19.3 Å². The zero-order chi connectivity index (χ0) is 35.5. The van der Waals surface area contributed by atoms with E-state index in [1.165, 1.54) is 33.4 Å². The van der Waals surface area contributed by atoms with E-state index in [1.54, 1.807) is 0 Å². The van der Waals surface area contributed by atoms with Gasteiger partial charge in [-0.2, -0.15) is 11.2 Å². The van der Waals surface area contributed by atoms with Crippen molar-refractivity contribution in [3.05, 3.63) is 130 Å². The van der Waals surface area contributed by atoms with Gasteiger partial charge in [-0.1, -0.05) is 77.4 Å². The van der Waals surface area contributed by atoms with Crippen LogP contribution in [0.25, 0.3) is 44.4 Å². The normalized spacial score (nSPS) is 11.8. The number of nitrogens with zero attached hydrogens (tertiary/aromatic N) is 4. The van der Waals surface area contributed by atoms with Gasteiger partial charge in [-0.25, -0.2) is 4.98 Å². The second-order valence-electron chi connectivity index (χ2n) is 14.9. The van der Waals surface area contributed by atoms with Crippen LogP contribution in [0.15, 0.2) is 79.0 Å². The topological polar surface area (TPSA) is 44.9 Å². The average Bonchev–Trinajstić information content (AvgIpc) is 3.56. The molecule has 0 aliphatic rings. The average molecular weight is 854 g/mol. The van der Waals surface area contributed by atoms with E-state index in [9.17, 15) is 0 Å². The Morgan fingerprint density at radius 2 is 1.53 bits per heavy atom. The molecule has 0 amide bonds.